The van der Waals surface area contributed by atoms with Crippen LogP contribution in [0.5, 0.6) is 0 Å². The minimum absolute atomic E-state index is 0.0108. The zero-order valence-corrected chi connectivity index (χ0v) is 16.7. The van der Waals surface area contributed by atoms with Gasteiger partial charge in [0.2, 0.25) is 0 Å². The van der Waals surface area contributed by atoms with Gasteiger partial charge in [0.15, 0.2) is 0 Å². The summed E-state index contributed by atoms with van der Waals surface area (Å²) in [5, 5.41) is 12.1. The number of likely N-dealkylation sites (N-methyl/N-ethyl adjacent to an activating group) is 1. The maximum Gasteiger partial charge on any atom is 0.149 e. The van der Waals surface area contributed by atoms with Crippen LogP contribution in [0.1, 0.15) is 24.0 Å². The largest absolute Gasteiger partial charge is 0.390 e. The van der Waals surface area contributed by atoms with Gasteiger partial charge < -0.3 is 5.11 Å². The quantitative estimate of drug-likeness (QED) is 0.632. The Morgan fingerprint density at radius 1 is 1.20 bits per heavy atom. The van der Waals surface area contributed by atoms with E-state index in [4.69, 9.17) is 9.97 Å². The molecule has 1 N–H and O–H groups in total. The molecule has 25 heavy (non-hydrogen) atoms. The van der Waals surface area contributed by atoms with Crippen LogP contribution in [0.2, 0.25) is 19.6 Å². The van der Waals surface area contributed by atoms with Crippen LogP contribution in [-0.2, 0) is 0 Å². The van der Waals surface area contributed by atoms with Crippen molar-refractivity contribution in [3.63, 3.8) is 0 Å². The van der Waals surface area contributed by atoms with Crippen molar-refractivity contribution in [2.24, 2.45) is 5.92 Å². The molecule has 1 aromatic carbocycles. The summed E-state index contributed by atoms with van der Waals surface area (Å²) in [5.74, 6) is 4.05. The summed E-state index contributed by atoms with van der Waals surface area (Å²) in [4.78, 5) is 11.6. The van der Waals surface area contributed by atoms with Gasteiger partial charge in [0, 0.05) is 17.0 Å². The highest BCUT2D eigenvalue weighted by Crippen LogP contribution is 2.32. The van der Waals surface area contributed by atoms with Gasteiger partial charge in [-0.25, -0.2) is 9.97 Å². The van der Waals surface area contributed by atoms with E-state index in [9.17, 15) is 5.11 Å². The Hall–Kier alpha value is -1.74. The normalized spacial score (nSPS) is 24.8. The van der Waals surface area contributed by atoms with Crippen molar-refractivity contribution in [3.8, 4) is 11.5 Å². The number of likely N-dealkylation sites (tertiary alicyclic amines) is 1. The molecular formula is C20H27N3OSi. The molecule has 1 aliphatic heterocycles. The molecule has 0 spiro atoms. The van der Waals surface area contributed by atoms with E-state index in [0.717, 1.165) is 29.6 Å². The number of hydrogen-bond donors (Lipinski definition) is 1. The summed E-state index contributed by atoms with van der Waals surface area (Å²) < 4.78 is 0. The monoisotopic (exact) mass is 353 g/mol. The predicted molar refractivity (Wildman–Crippen MR) is 105 cm³/mol. The maximum absolute atomic E-state index is 11.0. The van der Waals surface area contributed by atoms with Crippen LogP contribution >= 0.6 is 0 Å². The Morgan fingerprint density at radius 2 is 1.92 bits per heavy atom. The van der Waals surface area contributed by atoms with Crippen LogP contribution in [0.3, 0.4) is 0 Å². The van der Waals surface area contributed by atoms with Crippen LogP contribution in [0.15, 0.2) is 24.3 Å². The first-order valence-corrected chi connectivity index (χ1v) is 12.4. The van der Waals surface area contributed by atoms with Crippen LogP contribution in [-0.4, -0.2) is 47.7 Å². The third-order valence-electron chi connectivity index (χ3n) is 4.71. The molecule has 4 nitrogen and oxygen atoms in total. The molecule has 1 fully saturated rings. The van der Waals surface area contributed by atoms with E-state index in [2.05, 4.69) is 36.0 Å². The number of hydrogen-bond acceptors (Lipinski definition) is 4. The lowest BCUT2D eigenvalue weighted by Gasteiger charge is -2.38. The van der Waals surface area contributed by atoms with E-state index < -0.39 is 14.2 Å². The lowest BCUT2D eigenvalue weighted by molar-refractivity contribution is -0.00486. The smallest absolute Gasteiger partial charge is 0.149 e. The van der Waals surface area contributed by atoms with Gasteiger partial charge in [0.05, 0.1) is 17.7 Å². The Kier molecular flexibility index (Phi) is 4.96. The Bertz CT molecular complexity index is 834. The number of rotatable bonds is 1. The van der Waals surface area contributed by atoms with Gasteiger partial charge in [-0.05, 0) is 33.0 Å². The summed E-state index contributed by atoms with van der Waals surface area (Å²) in [6.07, 6.45) is 0.321. The van der Waals surface area contributed by atoms with Gasteiger partial charge in [0.25, 0.3) is 0 Å². The van der Waals surface area contributed by atoms with Gasteiger partial charge in [-0.3, -0.25) is 4.90 Å². The van der Waals surface area contributed by atoms with Crippen molar-refractivity contribution in [2.45, 2.75) is 45.1 Å². The number of piperidine rings is 1. The molecule has 1 aromatic heterocycles. The number of aliphatic hydroxyl groups is 1. The van der Waals surface area contributed by atoms with Crippen molar-refractivity contribution in [1.29, 1.82) is 0 Å². The van der Waals surface area contributed by atoms with E-state index in [1.807, 2.05) is 38.2 Å². The third kappa shape index (κ3) is 3.92. The first kappa shape index (κ1) is 18.1. The van der Waals surface area contributed by atoms with Crippen LogP contribution < -0.4 is 0 Å². The van der Waals surface area contributed by atoms with Crippen molar-refractivity contribution >= 4 is 19.0 Å². The fraction of sp³-hybridized carbons (Fsp3) is 0.500. The molecule has 0 bridgehead atoms. The Labute approximate surface area is 151 Å². The molecule has 5 heteroatoms. The van der Waals surface area contributed by atoms with Crippen LogP contribution in [0.25, 0.3) is 10.9 Å². The zero-order valence-electron chi connectivity index (χ0n) is 15.7. The van der Waals surface area contributed by atoms with Crippen molar-refractivity contribution in [1.82, 2.24) is 14.9 Å². The first-order valence-electron chi connectivity index (χ1n) is 8.90. The number of benzene rings is 1. The molecule has 0 amide bonds. The lowest BCUT2D eigenvalue weighted by Crippen LogP contribution is -2.45. The summed E-state index contributed by atoms with van der Waals surface area (Å²) in [6.45, 7) is 9.59. The minimum Gasteiger partial charge on any atom is -0.390 e. The average Bonchev–Trinajstić information content (AvgIpc) is 2.53. The Morgan fingerprint density at radius 3 is 2.64 bits per heavy atom. The minimum atomic E-state index is -1.45. The van der Waals surface area contributed by atoms with Crippen molar-refractivity contribution in [3.05, 3.63) is 35.8 Å². The molecule has 3 rings (SSSR count). The van der Waals surface area contributed by atoms with Crippen molar-refractivity contribution < 1.29 is 5.11 Å². The summed E-state index contributed by atoms with van der Waals surface area (Å²) >= 11 is 0. The van der Waals surface area contributed by atoms with Gasteiger partial charge in [0.1, 0.15) is 13.9 Å². The average molecular weight is 354 g/mol. The molecule has 0 radical (unpaired) electrons. The number of fused-ring (bicyclic) bond motifs is 1. The topological polar surface area (TPSA) is 49.3 Å². The second-order valence-corrected chi connectivity index (χ2v) is 12.8. The zero-order chi connectivity index (χ0) is 18.2. The van der Waals surface area contributed by atoms with E-state index in [1.54, 1.807) is 0 Å². The van der Waals surface area contributed by atoms with Crippen molar-refractivity contribution in [2.75, 3.05) is 13.6 Å². The second-order valence-electron chi connectivity index (χ2n) is 8.01. The van der Waals surface area contributed by atoms with Crippen LogP contribution in [0, 0.1) is 24.3 Å². The third-order valence-corrected chi connectivity index (χ3v) is 5.61. The molecular weight excluding hydrogens is 326 g/mol. The SMILES string of the molecule is Cc1nc(C2C(O)C(C#C[Si](C)(C)C)CCN2C)nc2ccccc12. The predicted octanol–water partition coefficient (Wildman–Crippen LogP) is 3.17. The highest BCUT2D eigenvalue weighted by molar-refractivity contribution is 6.83. The van der Waals surface area contributed by atoms with Gasteiger partial charge in [-0.1, -0.05) is 37.8 Å². The standard InChI is InChI=1S/C20H27N3OSi/c1-14-16-8-6-7-9-17(16)22-20(21-14)18-19(24)15(10-12-23(18)2)11-13-25(3,4)5/h6-9,15,18-19,24H,10,12H2,1-5H3. The van der Waals surface area contributed by atoms with Gasteiger partial charge in [-0.2, -0.15) is 0 Å². The number of aliphatic hydroxyl groups excluding tert-OH is 1. The molecule has 0 aliphatic carbocycles. The lowest BCUT2D eigenvalue weighted by atomic mass is 9.88. The molecule has 1 aliphatic rings. The molecule has 2 heterocycles. The van der Waals surface area contributed by atoms with E-state index >= 15 is 0 Å². The first-order chi connectivity index (χ1) is 11.8. The molecule has 3 unspecified atom stereocenters. The molecule has 3 atom stereocenters. The number of aryl methyl sites for hydroxylation is 1. The summed E-state index contributed by atoms with van der Waals surface area (Å²) in [6, 6.07) is 7.82. The molecule has 0 saturated carbocycles. The molecule has 132 valence electrons. The fourth-order valence-corrected chi connectivity index (χ4v) is 3.96. The van der Waals surface area contributed by atoms with E-state index in [1.165, 1.54) is 0 Å². The summed E-state index contributed by atoms with van der Waals surface area (Å²) in [5.41, 5.74) is 5.31. The van der Waals surface area contributed by atoms with Crippen LogP contribution in [0.4, 0.5) is 0 Å². The highest BCUT2D eigenvalue weighted by Gasteiger charge is 2.37. The number of aromatic nitrogens is 2. The fourth-order valence-electron chi connectivity index (χ4n) is 3.34. The molecule has 1 saturated heterocycles. The van der Waals surface area contributed by atoms with Gasteiger partial charge >= 0.3 is 0 Å². The summed E-state index contributed by atoms with van der Waals surface area (Å²) in [7, 11) is 0.580. The Balaban J connectivity index is 1.98. The van der Waals surface area contributed by atoms with Gasteiger partial charge in [-0.15, -0.1) is 11.5 Å². The second kappa shape index (κ2) is 6.87. The number of nitrogens with zero attached hydrogens (tertiary/aromatic N) is 3. The molecule has 2 aromatic rings. The van der Waals surface area contributed by atoms with E-state index in [-0.39, 0.29) is 12.0 Å². The highest BCUT2D eigenvalue weighted by atomic mass is 28.3. The number of para-hydroxylation sites is 1. The maximum atomic E-state index is 11.0. The van der Waals surface area contributed by atoms with E-state index in [0.29, 0.717) is 5.82 Å².